The molecule has 1 aromatic rings. The molecule has 14 heavy (non-hydrogen) atoms. The third-order valence-corrected chi connectivity index (χ3v) is 2.33. The maximum absolute atomic E-state index is 5.76. The third kappa shape index (κ3) is 1.45. The van der Waals surface area contributed by atoms with E-state index in [2.05, 4.69) is 19.9 Å². The van der Waals surface area contributed by atoms with Crippen LogP contribution >= 0.6 is 0 Å². The number of para-hydroxylation sites is 1. The van der Waals surface area contributed by atoms with Crippen LogP contribution in [0.1, 0.15) is 39.2 Å². The quantitative estimate of drug-likeness (QED) is 0.679. The predicted octanol–water partition coefficient (Wildman–Crippen LogP) is 3.32. The molecule has 1 aromatic carbocycles. The minimum Gasteiger partial charge on any atom is -0.449 e. The second kappa shape index (κ2) is 2.91. The molecule has 76 valence electrons. The van der Waals surface area contributed by atoms with Crippen LogP contribution < -0.4 is 9.47 Å². The van der Waals surface area contributed by atoms with Crippen LogP contribution in [-0.4, -0.2) is 5.79 Å². The van der Waals surface area contributed by atoms with Crippen LogP contribution in [0.15, 0.2) is 18.2 Å². The van der Waals surface area contributed by atoms with Crippen molar-refractivity contribution in [3.05, 3.63) is 23.8 Å². The van der Waals surface area contributed by atoms with Crippen molar-refractivity contribution in [2.75, 3.05) is 0 Å². The zero-order valence-corrected chi connectivity index (χ0v) is 9.13. The van der Waals surface area contributed by atoms with Crippen LogP contribution in [-0.2, 0) is 0 Å². The molecule has 0 bridgehead atoms. The molecular weight excluding hydrogens is 176 g/mol. The van der Waals surface area contributed by atoms with Crippen LogP contribution in [0, 0.1) is 0 Å². The van der Waals surface area contributed by atoms with Gasteiger partial charge in [-0.05, 0) is 12.0 Å². The lowest BCUT2D eigenvalue weighted by Crippen LogP contribution is -2.29. The maximum Gasteiger partial charge on any atom is 0.246 e. The summed E-state index contributed by atoms with van der Waals surface area (Å²) in [5.74, 6) is 1.71. The van der Waals surface area contributed by atoms with Gasteiger partial charge in [-0.25, -0.2) is 0 Å². The standard InChI is InChI=1S/C12H16O2/c1-8(2)9-6-5-7-10-11(9)14-12(3,4)13-10/h5-8H,1-4H3. The fourth-order valence-electron chi connectivity index (χ4n) is 1.71. The smallest absolute Gasteiger partial charge is 0.246 e. The molecule has 0 spiro atoms. The summed E-state index contributed by atoms with van der Waals surface area (Å²) in [5, 5.41) is 0. The molecular formula is C12H16O2. The van der Waals surface area contributed by atoms with Crippen molar-refractivity contribution < 1.29 is 9.47 Å². The van der Waals surface area contributed by atoms with Crippen molar-refractivity contribution in [3.63, 3.8) is 0 Å². The first-order valence-corrected chi connectivity index (χ1v) is 5.00. The van der Waals surface area contributed by atoms with E-state index in [1.54, 1.807) is 0 Å². The maximum atomic E-state index is 5.76. The Kier molecular flexibility index (Phi) is 1.95. The number of benzene rings is 1. The summed E-state index contributed by atoms with van der Waals surface area (Å²) in [5.41, 5.74) is 1.22. The summed E-state index contributed by atoms with van der Waals surface area (Å²) < 4.78 is 11.4. The molecule has 0 aliphatic carbocycles. The van der Waals surface area contributed by atoms with Crippen LogP contribution in [0.3, 0.4) is 0 Å². The van der Waals surface area contributed by atoms with E-state index in [9.17, 15) is 0 Å². The van der Waals surface area contributed by atoms with Crippen LogP contribution in [0.2, 0.25) is 0 Å². The van der Waals surface area contributed by atoms with E-state index < -0.39 is 5.79 Å². The van der Waals surface area contributed by atoms with E-state index in [0.29, 0.717) is 5.92 Å². The first-order valence-electron chi connectivity index (χ1n) is 5.00. The van der Waals surface area contributed by atoms with E-state index in [1.807, 2.05) is 26.0 Å². The largest absolute Gasteiger partial charge is 0.449 e. The molecule has 1 aliphatic rings. The van der Waals surface area contributed by atoms with E-state index in [1.165, 1.54) is 5.56 Å². The van der Waals surface area contributed by atoms with Gasteiger partial charge >= 0.3 is 0 Å². The van der Waals surface area contributed by atoms with E-state index in [4.69, 9.17) is 9.47 Å². The first kappa shape index (κ1) is 9.38. The molecule has 0 atom stereocenters. The molecule has 0 radical (unpaired) electrons. The van der Waals surface area contributed by atoms with Gasteiger partial charge in [0.1, 0.15) is 0 Å². The van der Waals surface area contributed by atoms with Crippen molar-refractivity contribution >= 4 is 0 Å². The topological polar surface area (TPSA) is 18.5 Å². The highest BCUT2D eigenvalue weighted by atomic mass is 16.7. The molecule has 0 saturated heterocycles. The van der Waals surface area contributed by atoms with Crippen molar-refractivity contribution in [1.29, 1.82) is 0 Å². The normalized spacial score (nSPS) is 17.5. The monoisotopic (exact) mass is 192 g/mol. The van der Waals surface area contributed by atoms with Gasteiger partial charge in [0, 0.05) is 19.4 Å². The summed E-state index contributed by atoms with van der Waals surface area (Å²) in [7, 11) is 0. The van der Waals surface area contributed by atoms with Crippen molar-refractivity contribution in [2.45, 2.75) is 39.4 Å². The Balaban J connectivity index is 2.46. The van der Waals surface area contributed by atoms with E-state index in [-0.39, 0.29) is 0 Å². The summed E-state index contributed by atoms with van der Waals surface area (Å²) in [6.07, 6.45) is 0. The Morgan fingerprint density at radius 2 is 1.86 bits per heavy atom. The highest BCUT2D eigenvalue weighted by molar-refractivity contribution is 5.50. The molecule has 0 N–H and O–H groups in total. The Morgan fingerprint density at radius 3 is 2.50 bits per heavy atom. The van der Waals surface area contributed by atoms with Gasteiger partial charge in [-0.2, -0.15) is 0 Å². The lowest BCUT2D eigenvalue weighted by molar-refractivity contribution is -0.0435. The second-order valence-corrected chi connectivity index (χ2v) is 4.43. The lowest BCUT2D eigenvalue weighted by Gasteiger charge is -2.17. The Hall–Kier alpha value is -1.18. The minimum absolute atomic E-state index is 0.461. The zero-order valence-electron chi connectivity index (χ0n) is 9.13. The summed E-state index contributed by atoms with van der Waals surface area (Å²) in [4.78, 5) is 0. The van der Waals surface area contributed by atoms with Crippen LogP contribution in [0.5, 0.6) is 11.5 Å². The summed E-state index contributed by atoms with van der Waals surface area (Å²) >= 11 is 0. The molecule has 1 heterocycles. The molecule has 2 nitrogen and oxygen atoms in total. The van der Waals surface area contributed by atoms with Gasteiger partial charge in [0.25, 0.3) is 0 Å². The highest BCUT2D eigenvalue weighted by Crippen LogP contribution is 2.43. The predicted molar refractivity (Wildman–Crippen MR) is 55.9 cm³/mol. The van der Waals surface area contributed by atoms with Crippen molar-refractivity contribution in [2.24, 2.45) is 0 Å². The van der Waals surface area contributed by atoms with Gasteiger partial charge in [-0.1, -0.05) is 26.0 Å². The average molecular weight is 192 g/mol. The summed E-state index contributed by atoms with van der Waals surface area (Å²) in [6, 6.07) is 6.06. The molecule has 2 heteroatoms. The van der Waals surface area contributed by atoms with Gasteiger partial charge in [0.2, 0.25) is 5.79 Å². The Labute approximate surface area is 84.8 Å². The van der Waals surface area contributed by atoms with Gasteiger partial charge in [-0.3, -0.25) is 0 Å². The van der Waals surface area contributed by atoms with Gasteiger partial charge < -0.3 is 9.47 Å². The fourth-order valence-corrected chi connectivity index (χ4v) is 1.71. The molecule has 0 amide bonds. The molecule has 0 aromatic heterocycles. The molecule has 2 rings (SSSR count). The highest BCUT2D eigenvalue weighted by Gasteiger charge is 2.33. The first-order chi connectivity index (χ1) is 6.49. The van der Waals surface area contributed by atoms with E-state index in [0.717, 1.165) is 11.5 Å². The molecule has 0 fully saturated rings. The third-order valence-electron chi connectivity index (χ3n) is 2.33. The lowest BCUT2D eigenvalue weighted by atomic mass is 10.0. The number of hydrogen-bond donors (Lipinski definition) is 0. The van der Waals surface area contributed by atoms with Gasteiger partial charge in [0.05, 0.1) is 0 Å². The number of ether oxygens (including phenoxy) is 2. The minimum atomic E-state index is -0.521. The SMILES string of the molecule is CC(C)c1cccc2c1OC(C)(C)O2. The Bertz CT molecular complexity index is 353. The Morgan fingerprint density at radius 1 is 1.14 bits per heavy atom. The summed E-state index contributed by atoms with van der Waals surface area (Å²) in [6.45, 7) is 8.17. The molecule has 0 saturated carbocycles. The van der Waals surface area contributed by atoms with E-state index >= 15 is 0 Å². The average Bonchev–Trinajstić information content (AvgIpc) is 2.36. The number of fused-ring (bicyclic) bond motifs is 1. The zero-order chi connectivity index (χ0) is 10.3. The fraction of sp³-hybridized carbons (Fsp3) is 0.500. The van der Waals surface area contributed by atoms with Crippen molar-refractivity contribution in [3.8, 4) is 11.5 Å². The second-order valence-electron chi connectivity index (χ2n) is 4.43. The molecule has 0 unspecified atom stereocenters. The van der Waals surface area contributed by atoms with Gasteiger partial charge in [0.15, 0.2) is 11.5 Å². The van der Waals surface area contributed by atoms with Gasteiger partial charge in [-0.15, -0.1) is 0 Å². The molecule has 1 aliphatic heterocycles. The number of hydrogen-bond acceptors (Lipinski definition) is 2. The van der Waals surface area contributed by atoms with Crippen LogP contribution in [0.4, 0.5) is 0 Å². The van der Waals surface area contributed by atoms with Crippen molar-refractivity contribution in [1.82, 2.24) is 0 Å². The van der Waals surface area contributed by atoms with Crippen LogP contribution in [0.25, 0.3) is 0 Å². The number of rotatable bonds is 1.